The zero-order valence-electron chi connectivity index (χ0n) is 13.9. The summed E-state index contributed by atoms with van der Waals surface area (Å²) in [6.07, 6.45) is 7.06. The molecule has 1 saturated carbocycles. The molecule has 1 aromatic heterocycles. The number of hydrogen-bond donors (Lipinski definition) is 2. The normalized spacial score (nSPS) is 18.9. The van der Waals surface area contributed by atoms with E-state index in [0.29, 0.717) is 25.4 Å². The van der Waals surface area contributed by atoms with E-state index in [0.717, 1.165) is 37.5 Å². The van der Waals surface area contributed by atoms with Crippen molar-refractivity contribution in [3.8, 4) is 0 Å². The molecule has 1 aromatic rings. The van der Waals surface area contributed by atoms with E-state index < -0.39 is 6.10 Å². The highest BCUT2D eigenvalue weighted by Gasteiger charge is 2.31. The van der Waals surface area contributed by atoms with E-state index in [1.54, 1.807) is 11.9 Å². The molecule has 23 heavy (non-hydrogen) atoms. The van der Waals surface area contributed by atoms with Gasteiger partial charge in [-0.3, -0.25) is 0 Å². The number of rotatable bonds is 6. The van der Waals surface area contributed by atoms with Gasteiger partial charge >= 0.3 is 6.03 Å². The van der Waals surface area contributed by atoms with E-state index in [1.807, 2.05) is 0 Å². The highest BCUT2D eigenvalue weighted by molar-refractivity contribution is 5.73. The lowest BCUT2D eigenvalue weighted by Gasteiger charge is -2.21. The van der Waals surface area contributed by atoms with E-state index in [1.165, 1.54) is 19.3 Å². The first-order chi connectivity index (χ1) is 11.1. The van der Waals surface area contributed by atoms with Crippen LogP contribution in [0.25, 0.3) is 0 Å². The number of aliphatic hydroxyl groups excluding tert-OH is 1. The van der Waals surface area contributed by atoms with E-state index in [4.69, 9.17) is 0 Å². The van der Waals surface area contributed by atoms with Gasteiger partial charge in [0.25, 0.3) is 0 Å². The molecule has 7 nitrogen and oxygen atoms in total. The standard InChI is InChI=1S/C16H27N5O2/c1-20(11-13(22)12-6-7-12)16(23)17-9-8-15-19-18-14-5-3-2-4-10-21(14)15/h12-13,22H,2-11H2,1H3,(H,17,23). The number of likely N-dealkylation sites (N-methyl/N-ethyl adjacent to an activating group) is 1. The molecule has 1 aliphatic carbocycles. The smallest absolute Gasteiger partial charge is 0.317 e. The van der Waals surface area contributed by atoms with E-state index in [9.17, 15) is 9.90 Å². The lowest BCUT2D eigenvalue weighted by molar-refractivity contribution is 0.113. The van der Waals surface area contributed by atoms with Crippen molar-refractivity contribution in [2.45, 2.75) is 57.6 Å². The number of carbonyl (C=O) groups excluding carboxylic acids is 1. The van der Waals surface area contributed by atoms with Gasteiger partial charge in [0.1, 0.15) is 11.6 Å². The zero-order valence-corrected chi connectivity index (χ0v) is 13.9. The van der Waals surface area contributed by atoms with E-state index in [-0.39, 0.29) is 6.03 Å². The topological polar surface area (TPSA) is 83.3 Å². The summed E-state index contributed by atoms with van der Waals surface area (Å²) in [5.41, 5.74) is 0. The summed E-state index contributed by atoms with van der Waals surface area (Å²) in [5.74, 6) is 2.42. The van der Waals surface area contributed by atoms with Crippen molar-refractivity contribution < 1.29 is 9.90 Å². The Morgan fingerprint density at radius 1 is 1.39 bits per heavy atom. The maximum Gasteiger partial charge on any atom is 0.317 e. The molecule has 0 spiro atoms. The van der Waals surface area contributed by atoms with Crippen LogP contribution in [0.15, 0.2) is 0 Å². The van der Waals surface area contributed by atoms with Gasteiger partial charge in [-0.1, -0.05) is 6.42 Å². The van der Waals surface area contributed by atoms with Crippen molar-refractivity contribution in [2.24, 2.45) is 5.92 Å². The maximum absolute atomic E-state index is 12.1. The lowest BCUT2D eigenvalue weighted by atomic mass is 10.2. The third kappa shape index (κ3) is 4.22. The molecule has 2 heterocycles. The Kier molecular flexibility index (Phi) is 5.15. The third-order valence-corrected chi connectivity index (χ3v) is 4.78. The first-order valence-electron chi connectivity index (χ1n) is 8.73. The first-order valence-corrected chi connectivity index (χ1v) is 8.73. The molecular weight excluding hydrogens is 294 g/mol. The van der Waals surface area contributed by atoms with Crippen LogP contribution < -0.4 is 5.32 Å². The van der Waals surface area contributed by atoms with Gasteiger partial charge in [0, 0.05) is 39.5 Å². The Hall–Kier alpha value is -1.63. The molecule has 7 heteroatoms. The molecule has 128 valence electrons. The van der Waals surface area contributed by atoms with Crippen LogP contribution >= 0.6 is 0 Å². The van der Waals surface area contributed by atoms with Gasteiger partial charge in [0.05, 0.1) is 6.10 Å². The molecule has 0 radical (unpaired) electrons. The molecular formula is C16H27N5O2. The monoisotopic (exact) mass is 321 g/mol. The summed E-state index contributed by atoms with van der Waals surface area (Å²) in [7, 11) is 1.73. The average molecular weight is 321 g/mol. The number of amides is 2. The van der Waals surface area contributed by atoms with Gasteiger partial charge in [-0.25, -0.2) is 4.79 Å². The van der Waals surface area contributed by atoms with Gasteiger partial charge in [-0.15, -0.1) is 10.2 Å². The molecule has 1 atom stereocenters. The third-order valence-electron chi connectivity index (χ3n) is 4.78. The lowest BCUT2D eigenvalue weighted by Crippen LogP contribution is -2.42. The zero-order chi connectivity index (χ0) is 16.2. The SMILES string of the molecule is CN(CC(O)C1CC1)C(=O)NCCc1nnc2n1CCCCC2. The van der Waals surface area contributed by atoms with Crippen molar-refractivity contribution in [2.75, 3.05) is 20.1 Å². The predicted octanol–water partition coefficient (Wildman–Crippen LogP) is 0.959. The Morgan fingerprint density at radius 2 is 2.22 bits per heavy atom. The number of aryl methyl sites for hydroxylation is 1. The van der Waals surface area contributed by atoms with Crippen LogP contribution in [0.1, 0.15) is 43.8 Å². The molecule has 2 N–H and O–H groups in total. The fourth-order valence-corrected chi connectivity index (χ4v) is 3.14. The van der Waals surface area contributed by atoms with Crippen molar-refractivity contribution in [3.05, 3.63) is 11.6 Å². The number of aromatic nitrogens is 3. The van der Waals surface area contributed by atoms with Crippen LogP contribution in [0.3, 0.4) is 0 Å². The van der Waals surface area contributed by atoms with E-state index in [2.05, 4.69) is 20.1 Å². The second kappa shape index (κ2) is 7.29. The highest BCUT2D eigenvalue weighted by Crippen LogP contribution is 2.32. The minimum absolute atomic E-state index is 0.139. The number of nitrogens with one attached hydrogen (secondary N) is 1. The van der Waals surface area contributed by atoms with Gasteiger partial charge in [-0.2, -0.15) is 0 Å². The average Bonchev–Trinajstić information content (AvgIpc) is 3.34. The van der Waals surface area contributed by atoms with E-state index >= 15 is 0 Å². The number of carbonyl (C=O) groups is 1. The second-order valence-electron chi connectivity index (χ2n) is 6.76. The molecule has 2 amide bonds. The highest BCUT2D eigenvalue weighted by atomic mass is 16.3. The number of hydrogen-bond acceptors (Lipinski definition) is 4. The first kappa shape index (κ1) is 16.2. The fourth-order valence-electron chi connectivity index (χ4n) is 3.14. The Balaban J connectivity index is 1.43. The summed E-state index contributed by atoms with van der Waals surface area (Å²) in [5, 5.41) is 21.3. The molecule has 3 rings (SSSR count). The number of urea groups is 1. The quantitative estimate of drug-likeness (QED) is 0.817. The summed E-state index contributed by atoms with van der Waals surface area (Å²) >= 11 is 0. The summed E-state index contributed by atoms with van der Waals surface area (Å²) < 4.78 is 2.21. The maximum atomic E-state index is 12.1. The van der Waals surface area contributed by atoms with Crippen molar-refractivity contribution in [1.29, 1.82) is 0 Å². The van der Waals surface area contributed by atoms with Gasteiger partial charge in [-0.05, 0) is 31.6 Å². The Labute approximate surface area is 137 Å². The van der Waals surface area contributed by atoms with Gasteiger partial charge in [0.15, 0.2) is 0 Å². The van der Waals surface area contributed by atoms with Crippen LogP contribution in [0.4, 0.5) is 4.79 Å². The molecule has 0 saturated heterocycles. The van der Waals surface area contributed by atoms with Gasteiger partial charge in [0.2, 0.25) is 0 Å². The molecule has 2 aliphatic rings. The van der Waals surface area contributed by atoms with Crippen LogP contribution in [0.5, 0.6) is 0 Å². The molecule has 1 fully saturated rings. The van der Waals surface area contributed by atoms with Crippen molar-refractivity contribution in [1.82, 2.24) is 25.0 Å². The Bertz CT molecular complexity index is 541. The molecule has 0 bridgehead atoms. The minimum atomic E-state index is -0.391. The predicted molar refractivity (Wildman–Crippen MR) is 86.0 cm³/mol. The summed E-state index contributed by atoms with van der Waals surface area (Å²) in [6.45, 7) is 1.93. The fraction of sp³-hybridized carbons (Fsp3) is 0.812. The number of nitrogens with zero attached hydrogens (tertiary/aromatic N) is 4. The number of fused-ring (bicyclic) bond motifs is 1. The summed E-state index contributed by atoms with van der Waals surface area (Å²) in [4.78, 5) is 13.6. The van der Waals surface area contributed by atoms with Crippen LogP contribution in [0, 0.1) is 5.92 Å². The second-order valence-corrected chi connectivity index (χ2v) is 6.76. The minimum Gasteiger partial charge on any atom is -0.391 e. The van der Waals surface area contributed by atoms with Gasteiger partial charge < -0.3 is 19.9 Å². The molecule has 1 unspecified atom stereocenters. The number of aliphatic hydroxyl groups is 1. The van der Waals surface area contributed by atoms with Crippen molar-refractivity contribution in [3.63, 3.8) is 0 Å². The van der Waals surface area contributed by atoms with Crippen molar-refractivity contribution >= 4 is 6.03 Å². The Morgan fingerprint density at radius 3 is 3.00 bits per heavy atom. The van der Waals surface area contributed by atoms with Crippen LogP contribution in [-0.2, 0) is 19.4 Å². The summed E-state index contributed by atoms with van der Waals surface area (Å²) in [6, 6.07) is -0.139. The van der Waals surface area contributed by atoms with Crippen LogP contribution in [0.2, 0.25) is 0 Å². The van der Waals surface area contributed by atoms with Crippen LogP contribution in [-0.4, -0.2) is 57.0 Å². The molecule has 1 aliphatic heterocycles. The largest absolute Gasteiger partial charge is 0.391 e. The molecule has 0 aromatic carbocycles.